The second kappa shape index (κ2) is 13.3. The maximum atomic E-state index is 2.55. The highest BCUT2D eigenvalue weighted by Crippen LogP contribution is 2.54. The zero-order valence-electron chi connectivity index (χ0n) is 30.8. The van der Waals surface area contributed by atoms with Crippen LogP contribution in [0.25, 0.3) is 67.2 Å². The summed E-state index contributed by atoms with van der Waals surface area (Å²) in [4.78, 5) is 2.55. The molecule has 0 fully saturated rings. The summed E-state index contributed by atoms with van der Waals surface area (Å²) in [7, 11) is 0. The van der Waals surface area contributed by atoms with Crippen LogP contribution in [0.4, 0.5) is 11.4 Å². The Labute approximate surface area is 327 Å². The number of anilines is 2. The molecule has 8 aromatic carbocycles. The molecule has 2 heterocycles. The number of benzene rings is 8. The molecule has 9 aromatic rings. The van der Waals surface area contributed by atoms with E-state index in [1.54, 1.807) is 0 Å². The molecule has 1 aliphatic heterocycles. The Morgan fingerprint density at radius 1 is 0.393 bits per heavy atom. The van der Waals surface area contributed by atoms with Crippen molar-refractivity contribution in [2.75, 3.05) is 4.90 Å². The van der Waals surface area contributed by atoms with E-state index in [2.05, 4.69) is 228 Å². The van der Waals surface area contributed by atoms with E-state index < -0.39 is 0 Å². The van der Waals surface area contributed by atoms with Gasteiger partial charge in [-0.05, 0) is 104 Å². The molecule has 0 amide bonds. The summed E-state index contributed by atoms with van der Waals surface area (Å²) in [5.74, 6) is 0.191. The molecule has 0 spiro atoms. The summed E-state index contributed by atoms with van der Waals surface area (Å²) in [5, 5.41) is 1.31. The summed E-state index contributed by atoms with van der Waals surface area (Å²) >= 11 is 0. The normalized spacial score (nSPS) is 15.4. The smallest absolute Gasteiger partial charge is 0.0637 e. The van der Waals surface area contributed by atoms with E-state index in [0.717, 1.165) is 0 Å². The van der Waals surface area contributed by atoms with Crippen LogP contribution < -0.4 is 4.90 Å². The van der Waals surface area contributed by atoms with Gasteiger partial charge in [-0.2, -0.15) is 0 Å². The maximum absolute atomic E-state index is 2.55. The maximum Gasteiger partial charge on any atom is 0.0637 e. The largest absolute Gasteiger partial charge is 0.333 e. The van der Waals surface area contributed by atoms with Gasteiger partial charge >= 0.3 is 0 Å². The standard InChI is InChI=1S/C54H38N2/c1-3-14-37(15-4-1)41-18-13-19-42(36-41)38-26-30-43(31-27-38)55-49-24-11-9-22-47(49)53-51(55)34-35-52-54(53)48-23-10-12-25-50(48)56(52)44-32-28-40(29-33-44)46-21-8-7-20-45(46)39-16-5-2-6-17-39/h1-36,52,54H. The SMILES string of the molecule is C1=CC2C(c3ccccc3N2c2ccc(-c3ccccc3-c3ccccc3)cc2)c2c1n(-c1ccc(-c3cccc(-c4ccccc4)c3)cc1)c1ccccc21. The highest BCUT2D eigenvalue weighted by molar-refractivity contribution is 5.95. The lowest BCUT2D eigenvalue weighted by Gasteiger charge is -2.31. The number of aromatic nitrogens is 1. The number of para-hydroxylation sites is 2. The first kappa shape index (κ1) is 32.3. The fourth-order valence-electron chi connectivity index (χ4n) is 9.26. The van der Waals surface area contributed by atoms with Gasteiger partial charge in [0.2, 0.25) is 0 Å². The molecule has 2 heteroatoms. The average Bonchev–Trinajstić information content (AvgIpc) is 3.80. The molecular formula is C54H38N2. The molecule has 0 N–H and O–H groups in total. The third kappa shape index (κ3) is 5.26. The van der Waals surface area contributed by atoms with Crippen molar-refractivity contribution >= 4 is 28.4 Å². The van der Waals surface area contributed by atoms with Crippen LogP contribution in [0.3, 0.4) is 0 Å². The molecule has 0 saturated heterocycles. The van der Waals surface area contributed by atoms with Crippen LogP contribution in [0.15, 0.2) is 212 Å². The summed E-state index contributed by atoms with van der Waals surface area (Å²) in [6, 6.07) is 75.3. The van der Waals surface area contributed by atoms with Gasteiger partial charge in [0.05, 0.1) is 17.3 Å². The van der Waals surface area contributed by atoms with Crippen LogP contribution in [-0.2, 0) is 0 Å². The van der Waals surface area contributed by atoms with Crippen molar-refractivity contribution in [1.29, 1.82) is 0 Å². The second-order valence-corrected chi connectivity index (χ2v) is 14.9. The zero-order valence-corrected chi connectivity index (χ0v) is 30.8. The van der Waals surface area contributed by atoms with Crippen LogP contribution >= 0.6 is 0 Å². The van der Waals surface area contributed by atoms with E-state index in [0.29, 0.717) is 0 Å². The van der Waals surface area contributed by atoms with E-state index in [-0.39, 0.29) is 12.0 Å². The van der Waals surface area contributed by atoms with Crippen molar-refractivity contribution < 1.29 is 0 Å². The van der Waals surface area contributed by atoms with Gasteiger partial charge in [-0.3, -0.25) is 0 Å². The minimum atomic E-state index is 0.154. The van der Waals surface area contributed by atoms with Crippen LogP contribution in [0.5, 0.6) is 0 Å². The van der Waals surface area contributed by atoms with Crippen LogP contribution in [0, 0.1) is 0 Å². The molecule has 56 heavy (non-hydrogen) atoms. The number of fused-ring (bicyclic) bond motifs is 7. The Morgan fingerprint density at radius 2 is 0.929 bits per heavy atom. The molecule has 11 rings (SSSR count). The summed E-state index contributed by atoms with van der Waals surface area (Å²) in [6.45, 7) is 0. The quantitative estimate of drug-likeness (QED) is 0.166. The molecule has 1 aliphatic carbocycles. The van der Waals surface area contributed by atoms with Gasteiger partial charge in [-0.15, -0.1) is 0 Å². The lowest BCUT2D eigenvalue weighted by molar-refractivity contribution is 0.725. The third-order valence-corrected chi connectivity index (χ3v) is 11.8. The fourth-order valence-corrected chi connectivity index (χ4v) is 9.26. The van der Waals surface area contributed by atoms with Crippen molar-refractivity contribution in [1.82, 2.24) is 4.57 Å². The van der Waals surface area contributed by atoms with Gasteiger partial charge in [-0.1, -0.05) is 170 Å². The Bertz CT molecular complexity index is 2900. The molecule has 2 atom stereocenters. The van der Waals surface area contributed by atoms with Gasteiger partial charge in [0.15, 0.2) is 0 Å². The highest BCUT2D eigenvalue weighted by Gasteiger charge is 2.43. The first-order valence-electron chi connectivity index (χ1n) is 19.5. The molecule has 2 aliphatic rings. The molecule has 2 nitrogen and oxygen atoms in total. The number of hydrogen-bond acceptors (Lipinski definition) is 1. The Balaban J connectivity index is 0.972. The van der Waals surface area contributed by atoms with E-state index in [4.69, 9.17) is 0 Å². The Morgan fingerprint density at radius 3 is 1.66 bits per heavy atom. The van der Waals surface area contributed by atoms with E-state index >= 15 is 0 Å². The van der Waals surface area contributed by atoms with Crippen molar-refractivity contribution in [3.8, 4) is 50.2 Å². The van der Waals surface area contributed by atoms with Gasteiger partial charge in [-0.25, -0.2) is 0 Å². The average molecular weight is 715 g/mol. The first-order chi connectivity index (χ1) is 27.8. The van der Waals surface area contributed by atoms with Crippen LogP contribution in [0.1, 0.15) is 22.7 Å². The highest BCUT2D eigenvalue weighted by atomic mass is 15.2. The molecule has 0 radical (unpaired) electrons. The Kier molecular flexibility index (Phi) is 7.67. The van der Waals surface area contributed by atoms with Gasteiger partial charge in [0.25, 0.3) is 0 Å². The van der Waals surface area contributed by atoms with Crippen molar-refractivity contribution in [2.24, 2.45) is 0 Å². The number of nitrogens with zero attached hydrogens (tertiary/aromatic N) is 2. The predicted molar refractivity (Wildman–Crippen MR) is 235 cm³/mol. The van der Waals surface area contributed by atoms with Gasteiger partial charge in [0.1, 0.15) is 0 Å². The molecule has 0 bridgehead atoms. The van der Waals surface area contributed by atoms with Crippen LogP contribution in [0.2, 0.25) is 0 Å². The van der Waals surface area contributed by atoms with E-state index in [9.17, 15) is 0 Å². The predicted octanol–water partition coefficient (Wildman–Crippen LogP) is 14.0. The van der Waals surface area contributed by atoms with Gasteiger partial charge in [0, 0.05) is 28.4 Å². The molecule has 2 unspecified atom stereocenters. The minimum Gasteiger partial charge on any atom is -0.333 e. The Hall–Kier alpha value is -7.16. The van der Waals surface area contributed by atoms with Crippen molar-refractivity contribution in [3.05, 3.63) is 229 Å². The minimum absolute atomic E-state index is 0.154. The summed E-state index contributed by atoms with van der Waals surface area (Å²) in [5.41, 5.74) is 18.7. The first-order valence-corrected chi connectivity index (χ1v) is 19.5. The summed E-state index contributed by atoms with van der Waals surface area (Å²) < 4.78 is 2.46. The molecule has 1 aromatic heterocycles. The topological polar surface area (TPSA) is 8.17 Å². The zero-order chi connectivity index (χ0) is 37.0. The van der Waals surface area contributed by atoms with E-state index in [1.165, 1.54) is 89.3 Å². The summed E-state index contributed by atoms with van der Waals surface area (Å²) in [6.07, 6.45) is 4.81. The lowest BCUT2D eigenvalue weighted by atomic mass is 9.82. The van der Waals surface area contributed by atoms with Crippen molar-refractivity contribution in [3.63, 3.8) is 0 Å². The van der Waals surface area contributed by atoms with Crippen LogP contribution in [-0.4, -0.2) is 10.6 Å². The number of rotatable bonds is 6. The monoisotopic (exact) mass is 714 g/mol. The third-order valence-electron chi connectivity index (χ3n) is 11.8. The lowest BCUT2D eigenvalue weighted by Crippen LogP contribution is -2.30. The molecule has 0 saturated carbocycles. The van der Waals surface area contributed by atoms with Gasteiger partial charge < -0.3 is 9.47 Å². The van der Waals surface area contributed by atoms with Crippen molar-refractivity contribution in [2.45, 2.75) is 12.0 Å². The molecular weight excluding hydrogens is 677 g/mol. The number of hydrogen-bond donors (Lipinski definition) is 0. The second-order valence-electron chi connectivity index (χ2n) is 14.9. The fraction of sp³-hybridized carbons (Fsp3) is 0.0370. The van der Waals surface area contributed by atoms with E-state index in [1.807, 2.05) is 0 Å². The molecule has 264 valence electrons.